The number of hydrogen-bond acceptors (Lipinski definition) is 2. The van der Waals surface area contributed by atoms with Gasteiger partial charge in [0.05, 0.1) is 17.2 Å². The molecule has 1 aliphatic rings. The van der Waals surface area contributed by atoms with Crippen molar-refractivity contribution in [2.45, 2.75) is 12.5 Å². The molecule has 2 aromatic carbocycles. The van der Waals surface area contributed by atoms with Gasteiger partial charge in [0.25, 0.3) is 0 Å². The molecule has 1 fully saturated rings. The van der Waals surface area contributed by atoms with E-state index in [4.69, 9.17) is 0 Å². The molecule has 0 spiro atoms. The summed E-state index contributed by atoms with van der Waals surface area (Å²) in [4.78, 5) is 18.9. The van der Waals surface area contributed by atoms with E-state index in [1.165, 1.54) is 5.56 Å². The zero-order chi connectivity index (χ0) is 15.6. The number of carbonyl (C=O) groups is 1. The number of urea groups is 1. The van der Waals surface area contributed by atoms with Crippen LogP contribution in [0.1, 0.15) is 18.0 Å². The van der Waals surface area contributed by atoms with Gasteiger partial charge in [0, 0.05) is 18.1 Å². The third-order valence-corrected chi connectivity index (χ3v) is 4.34. The van der Waals surface area contributed by atoms with Gasteiger partial charge in [0.2, 0.25) is 0 Å². The van der Waals surface area contributed by atoms with Crippen LogP contribution in [-0.4, -0.2) is 22.5 Å². The van der Waals surface area contributed by atoms with E-state index in [-0.39, 0.29) is 12.1 Å². The highest BCUT2D eigenvalue weighted by Crippen LogP contribution is 2.33. The van der Waals surface area contributed by atoms with Crippen LogP contribution in [0.5, 0.6) is 0 Å². The number of amides is 2. The smallest absolute Gasteiger partial charge is 0.317 e. The number of hydrogen-bond donors (Lipinski definition) is 1. The highest BCUT2D eigenvalue weighted by atomic mass is 16.2. The van der Waals surface area contributed by atoms with Crippen LogP contribution in [0.15, 0.2) is 66.9 Å². The molecule has 1 aliphatic heterocycles. The number of pyridine rings is 1. The fraction of sp³-hybridized carbons (Fsp3) is 0.158. The normalized spacial score (nSPS) is 16.9. The van der Waals surface area contributed by atoms with Gasteiger partial charge >= 0.3 is 6.03 Å². The summed E-state index contributed by atoms with van der Waals surface area (Å²) in [5.74, 6) is 0. The Labute approximate surface area is 134 Å². The van der Waals surface area contributed by atoms with Crippen molar-refractivity contribution in [2.75, 3.05) is 11.9 Å². The number of benzene rings is 2. The topological polar surface area (TPSA) is 45.2 Å². The van der Waals surface area contributed by atoms with Crippen molar-refractivity contribution in [3.63, 3.8) is 0 Å². The predicted octanol–water partition coefficient (Wildman–Crippen LogP) is 4.21. The minimum atomic E-state index is -0.0664. The molecule has 2 amide bonds. The molecule has 1 atom stereocenters. The van der Waals surface area contributed by atoms with Crippen LogP contribution in [0, 0.1) is 0 Å². The molecular weight excluding hydrogens is 286 g/mol. The van der Waals surface area contributed by atoms with Crippen LogP contribution in [-0.2, 0) is 0 Å². The van der Waals surface area contributed by atoms with E-state index in [1.807, 2.05) is 53.4 Å². The number of anilines is 1. The lowest BCUT2D eigenvalue weighted by atomic mass is 9.95. The summed E-state index contributed by atoms with van der Waals surface area (Å²) in [6.07, 6.45) is 2.75. The molecule has 1 N–H and O–H groups in total. The molecule has 1 saturated heterocycles. The molecule has 4 heteroatoms. The van der Waals surface area contributed by atoms with Crippen molar-refractivity contribution in [3.05, 3.63) is 72.4 Å². The quantitative estimate of drug-likeness (QED) is 0.770. The number of rotatable bonds is 2. The molecule has 3 aromatic rings. The summed E-state index contributed by atoms with van der Waals surface area (Å²) in [6, 6.07) is 20.0. The first-order valence-corrected chi connectivity index (χ1v) is 7.79. The standard InChI is InChI=1S/C19H17N3O/c23-19(22-13-11-17(22)14-6-2-1-3-7-14)21-16-10-4-8-15-9-5-12-20-18(15)16/h1-10,12,17H,11,13H2,(H,21,23)/t17-/m1/s1. The van der Waals surface area contributed by atoms with E-state index in [0.29, 0.717) is 0 Å². The van der Waals surface area contributed by atoms with Gasteiger partial charge < -0.3 is 10.2 Å². The number of fused-ring (bicyclic) bond motifs is 1. The molecule has 0 radical (unpaired) electrons. The van der Waals surface area contributed by atoms with Gasteiger partial charge in [0.1, 0.15) is 0 Å². The van der Waals surface area contributed by atoms with E-state index in [1.54, 1.807) is 6.20 Å². The Morgan fingerprint density at radius 3 is 2.65 bits per heavy atom. The molecule has 4 nitrogen and oxygen atoms in total. The predicted molar refractivity (Wildman–Crippen MR) is 91.3 cm³/mol. The van der Waals surface area contributed by atoms with Crippen LogP contribution in [0.25, 0.3) is 10.9 Å². The summed E-state index contributed by atoms with van der Waals surface area (Å²) in [5, 5.41) is 4.03. The van der Waals surface area contributed by atoms with Gasteiger partial charge in [-0.2, -0.15) is 0 Å². The van der Waals surface area contributed by atoms with E-state index in [0.717, 1.165) is 29.6 Å². The SMILES string of the molecule is O=C(Nc1cccc2cccnc12)N1CC[C@@H]1c1ccccc1. The van der Waals surface area contributed by atoms with E-state index >= 15 is 0 Å². The third-order valence-electron chi connectivity index (χ3n) is 4.34. The average Bonchev–Trinajstić information content (AvgIpc) is 2.55. The monoisotopic (exact) mass is 303 g/mol. The minimum Gasteiger partial charge on any atom is -0.317 e. The number of aromatic nitrogens is 1. The summed E-state index contributed by atoms with van der Waals surface area (Å²) in [5.41, 5.74) is 2.76. The first kappa shape index (κ1) is 13.8. The largest absolute Gasteiger partial charge is 0.322 e. The Morgan fingerprint density at radius 1 is 1.04 bits per heavy atom. The van der Waals surface area contributed by atoms with Gasteiger partial charge in [-0.05, 0) is 24.1 Å². The average molecular weight is 303 g/mol. The molecule has 2 heterocycles. The number of para-hydroxylation sites is 1. The maximum Gasteiger partial charge on any atom is 0.322 e. The zero-order valence-electron chi connectivity index (χ0n) is 12.6. The van der Waals surface area contributed by atoms with Crippen molar-refractivity contribution < 1.29 is 4.79 Å². The van der Waals surface area contributed by atoms with Crippen LogP contribution >= 0.6 is 0 Å². The van der Waals surface area contributed by atoms with Gasteiger partial charge in [-0.3, -0.25) is 4.98 Å². The molecule has 23 heavy (non-hydrogen) atoms. The first-order valence-electron chi connectivity index (χ1n) is 7.79. The van der Waals surface area contributed by atoms with Gasteiger partial charge in [-0.25, -0.2) is 4.79 Å². The Balaban J connectivity index is 1.56. The number of nitrogens with one attached hydrogen (secondary N) is 1. The van der Waals surface area contributed by atoms with Crippen molar-refractivity contribution in [1.82, 2.24) is 9.88 Å². The summed E-state index contributed by atoms with van der Waals surface area (Å²) < 4.78 is 0. The van der Waals surface area contributed by atoms with Crippen LogP contribution in [0.3, 0.4) is 0 Å². The fourth-order valence-corrected chi connectivity index (χ4v) is 3.04. The Hall–Kier alpha value is -2.88. The number of likely N-dealkylation sites (tertiary alicyclic amines) is 1. The molecule has 0 saturated carbocycles. The molecule has 1 aromatic heterocycles. The lowest BCUT2D eigenvalue weighted by Gasteiger charge is -2.41. The molecular formula is C19H17N3O. The van der Waals surface area contributed by atoms with Crippen LogP contribution in [0.4, 0.5) is 10.5 Å². The molecule has 0 unspecified atom stereocenters. The third kappa shape index (κ3) is 2.52. The number of carbonyl (C=O) groups excluding carboxylic acids is 1. The Morgan fingerprint density at radius 2 is 1.87 bits per heavy atom. The fourth-order valence-electron chi connectivity index (χ4n) is 3.04. The van der Waals surface area contributed by atoms with E-state index in [2.05, 4.69) is 22.4 Å². The Bertz CT molecular complexity index is 842. The minimum absolute atomic E-state index is 0.0664. The van der Waals surface area contributed by atoms with E-state index < -0.39 is 0 Å². The van der Waals surface area contributed by atoms with Crippen molar-refractivity contribution in [2.24, 2.45) is 0 Å². The van der Waals surface area contributed by atoms with Crippen molar-refractivity contribution >= 4 is 22.6 Å². The second-order valence-corrected chi connectivity index (χ2v) is 5.72. The van der Waals surface area contributed by atoms with Crippen molar-refractivity contribution in [1.29, 1.82) is 0 Å². The van der Waals surface area contributed by atoms with Crippen LogP contribution < -0.4 is 5.32 Å². The lowest BCUT2D eigenvalue weighted by molar-refractivity contribution is 0.126. The molecule has 0 bridgehead atoms. The molecule has 4 rings (SSSR count). The van der Waals surface area contributed by atoms with Gasteiger partial charge in [-0.1, -0.05) is 48.5 Å². The number of nitrogens with zero attached hydrogens (tertiary/aromatic N) is 2. The first-order chi connectivity index (χ1) is 11.3. The van der Waals surface area contributed by atoms with Gasteiger partial charge in [0.15, 0.2) is 0 Å². The highest BCUT2D eigenvalue weighted by molar-refractivity contribution is 5.99. The maximum atomic E-state index is 12.6. The van der Waals surface area contributed by atoms with E-state index in [9.17, 15) is 4.79 Å². The second kappa shape index (κ2) is 5.72. The Kier molecular flexibility index (Phi) is 3.42. The summed E-state index contributed by atoms with van der Waals surface area (Å²) in [7, 11) is 0. The summed E-state index contributed by atoms with van der Waals surface area (Å²) >= 11 is 0. The second-order valence-electron chi connectivity index (χ2n) is 5.72. The summed E-state index contributed by atoms with van der Waals surface area (Å²) in [6.45, 7) is 0.781. The van der Waals surface area contributed by atoms with Gasteiger partial charge in [-0.15, -0.1) is 0 Å². The maximum absolute atomic E-state index is 12.6. The highest BCUT2D eigenvalue weighted by Gasteiger charge is 2.33. The molecule has 114 valence electrons. The lowest BCUT2D eigenvalue weighted by Crippen LogP contribution is -2.47. The zero-order valence-corrected chi connectivity index (χ0v) is 12.6. The van der Waals surface area contributed by atoms with Crippen molar-refractivity contribution in [3.8, 4) is 0 Å². The van der Waals surface area contributed by atoms with Crippen LogP contribution in [0.2, 0.25) is 0 Å². The molecule has 0 aliphatic carbocycles.